The highest BCUT2D eigenvalue weighted by Gasteiger charge is 2.11. The molecule has 0 saturated heterocycles. The van der Waals surface area contributed by atoms with E-state index >= 15 is 0 Å². The maximum atomic E-state index is 9.07. The lowest BCUT2D eigenvalue weighted by Gasteiger charge is -2.19. The Hall–Kier alpha value is -1.09. The number of hydrogen-bond acceptors (Lipinski definition) is 4. The first-order valence-corrected chi connectivity index (χ1v) is 6.07. The molecule has 0 aliphatic heterocycles. The van der Waals surface area contributed by atoms with Crippen molar-refractivity contribution in [1.82, 2.24) is 0 Å². The average Bonchev–Trinajstić information content (AvgIpc) is 2.30. The summed E-state index contributed by atoms with van der Waals surface area (Å²) in [5, 5.41) is 21.2. The number of halogens is 1. The number of benzene rings is 1. The molecule has 0 saturated carbocycles. The zero-order valence-corrected chi connectivity index (χ0v) is 11.2. The molecule has 0 aliphatic rings. The Morgan fingerprint density at radius 1 is 1.59 bits per heavy atom. The molecule has 17 heavy (non-hydrogen) atoms. The lowest BCUT2D eigenvalue weighted by Crippen LogP contribution is -2.26. The number of aliphatic hydroxyl groups excluding tert-OH is 1. The molecule has 0 amide bonds. The summed E-state index contributed by atoms with van der Waals surface area (Å²) in [6.07, 6.45) is 0.575. The molecule has 5 heteroatoms. The van der Waals surface area contributed by atoms with Crippen LogP contribution in [-0.4, -0.2) is 31.5 Å². The molecule has 92 valence electrons. The molecule has 1 aromatic rings. The maximum absolute atomic E-state index is 9.07. The summed E-state index contributed by atoms with van der Waals surface area (Å²) in [5.74, 6) is 0. The number of methoxy groups -OCH3 is 1. The molecule has 0 spiro atoms. The Kier molecular flexibility index (Phi) is 5.98. The van der Waals surface area contributed by atoms with Crippen LogP contribution in [0.2, 0.25) is 0 Å². The van der Waals surface area contributed by atoms with Gasteiger partial charge in [0.1, 0.15) is 6.07 Å². The minimum absolute atomic E-state index is 0.00796. The van der Waals surface area contributed by atoms with Gasteiger partial charge in [-0.15, -0.1) is 0 Å². The van der Waals surface area contributed by atoms with Crippen molar-refractivity contribution < 1.29 is 9.84 Å². The summed E-state index contributed by atoms with van der Waals surface area (Å²) in [4.78, 5) is 0. The number of aliphatic hydroxyl groups is 1. The summed E-state index contributed by atoms with van der Waals surface area (Å²) < 4.78 is 5.82. The predicted octanol–water partition coefficient (Wildman–Crippen LogP) is 2.13. The van der Waals surface area contributed by atoms with Crippen LogP contribution in [0.5, 0.6) is 0 Å². The van der Waals surface area contributed by atoms with Crippen LogP contribution in [0.1, 0.15) is 12.0 Å². The van der Waals surface area contributed by atoms with Crippen LogP contribution < -0.4 is 5.32 Å². The second kappa shape index (κ2) is 7.28. The molecule has 0 heterocycles. The van der Waals surface area contributed by atoms with Gasteiger partial charge in [-0.25, -0.2) is 0 Å². The summed E-state index contributed by atoms with van der Waals surface area (Å²) >= 11 is 3.33. The van der Waals surface area contributed by atoms with E-state index < -0.39 is 0 Å². The van der Waals surface area contributed by atoms with Gasteiger partial charge in [0.25, 0.3) is 0 Å². The fourth-order valence-corrected chi connectivity index (χ4v) is 1.99. The SMILES string of the molecule is COCC(CCO)Nc1cccc(Br)c1C#N. The summed E-state index contributed by atoms with van der Waals surface area (Å²) in [6, 6.07) is 7.65. The molecule has 0 aliphatic carbocycles. The summed E-state index contributed by atoms with van der Waals surface area (Å²) in [7, 11) is 1.61. The van der Waals surface area contributed by atoms with Gasteiger partial charge < -0.3 is 15.2 Å². The second-order valence-electron chi connectivity index (χ2n) is 3.58. The highest BCUT2D eigenvalue weighted by molar-refractivity contribution is 9.10. The lowest BCUT2D eigenvalue weighted by molar-refractivity contribution is 0.170. The largest absolute Gasteiger partial charge is 0.396 e. The fourth-order valence-electron chi connectivity index (χ4n) is 1.53. The normalized spacial score (nSPS) is 11.9. The monoisotopic (exact) mass is 298 g/mol. The van der Waals surface area contributed by atoms with Gasteiger partial charge in [-0.2, -0.15) is 5.26 Å². The number of rotatable bonds is 6. The molecule has 1 rings (SSSR count). The van der Waals surface area contributed by atoms with Crippen molar-refractivity contribution in [3.8, 4) is 6.07 Å². The van der Waals surface area contributed by atoms with Crippen molar-refractivity contribution >= 4 is 21.6 Å². The zero-order chi connectivity index (χ0) is 12.7. The minimum Gasteiger partial charge on any atom is -0.396 e. The quantitative estimate of drug-likeness (QED) is 0.844. The van der Waals surface area contributed by atoms with E-state index in [9.17, 15) is 0 Å². The Morgan fingerprint density at radius 2 is 2.35 bits per heavy atom. The first-order valence-electron chi connectivity index (χ1n) is 5.27. The molecular formula is C12H15BrN2O2. The minimum atomic E-state index is -0.00796. The lowest BCUT2D eigenvalue weighted by atomic mass is 10.1. The molecule has 0 radical (unpaired) electrons. The number of nitrogens with one attached hydrogen (secondary N) is 1. The van der Waals surface area contributed by atoms with Gasteiger partial charge in [0.2, 0.25) is 0 Å². The number of ether oxygens (including phenoxy) is 1. The molecule has 1 atom stereocenters. The van der Waals surface area contributed by atoms with Crippen LogP contribution in [0.15, 0.2) is 22.7 Å². The first-order chi connectivity index (χ1) is 8.22. The molecule has 1 aromatic carbocycles. The summed E-state index contributed by atoms with van der Waals surface area (Å²) in [5.41, 5.74) is 1.31. The predicted molar refractivity (Wildman–Crippen MR) is 69.8 cm³/mol. The van der Waals surface area contributed by atoms with Crippen molar-refractivity contribution in [3.63, 3.8) is 0 Å². The second-order valence-corrected chi connectivity index (χ2v) is 4.44. The highest BCUT2D eigenvalue weighted by atomic mass is 79.9. The molecule has 0 bridgehead atoms. The molecular weight excluding hydrogens is 284 g/mol. The van der Waals surface area contributed by atoms with Crippen LogP contribution in [-0.2, 0) is 4.74 Å². The van der Waals surface area contributed by atoms with Gasteiger partial charge in [0, 0.05) is 18.2 Å². The molecule has 2 N–H and O–H groups in total. The zero-order valence-electron chi connectivity index (χ0n) is 9.61. The third-order valence-corrected chi connectivity index (χ3v) is 2.99. The standard InChI is InChI=1S/C12H15BrN2O2/c1-17-8-9(5-6-16)15-12-4-2-3-11(13)10(12)7-14/h2-4,9,15-16H,5-6,8H2,1H3. The topological polar surface area (TPSA) is 65.3 Å². The van der Waals surface area contributed by atoms with Crippen molar-refractivity contribution in [2.24, 2.45) is 0 Å². The van der Waals surface area contributed by atoms with E-state index in [1.807, 2.05) is 18.2 Å². The van der Waals surface area contributed by atoms with Crippen LogP contribution in [0.3, 0.4) is 0 Å². The molecule has 4 nitrogen and oxygen atoms in total. The van der Waals surface area contributed by atoms with Crippen LogP contribution in [0, 0.1) is 11.3 Å². The molecule has 0 fully saturated rings. The van der Waals surface area contributed by atoms with Crippen molar-refractivity contribution in [1.29, 1.82) is 5.26 Å². The number of anilines is 1. The average molecular weight is 299 g/mol. The summed E-state index contributed by atoms with van der Waals surface area (Å²) in [6.45, 7) is 0.564. The van der Waals surface area contributed by atoms with Crippen LogP contribution >= 0.6 is 15.9 Å². The Morgan fingerprint density at radius 3 is 2.94 bits per heavy atom. The van der Waals surface area contributed by atoms with E-state index in [1.54, 1.807) is 7.11 Å². The molecule has 0 aromatic heterocycles. The van der Waals surface area contributed by atoms with Gasteiger partial charge in [-0.3, -0.25) is 0 Å². The maximum Gasteiger partial charge on any atom is 0.103 e. The smallest absolute Gasteiger partial charge is 0.103 e. The van der Waals surface area contributed by atoms with E-state index in [0.717, 1.165) is 10.2 Å². The van der Waals surface area contributed by atoms with E-state index in [4.69, 9.17) is 15.1 Å². The third kappa shape index (κ3) is 4.00. The van der Waals surface area contributed by atoms with Crippen LogP contribution in [0.4, 0.5) is 5.69 Å². The Bertz CT molecular complexity index is 398. The highest BCUT2D eigenvalue weighted by Crippen LogP contribution is 2.24. The third-order valence-electron chi connectivity index (χ3n) is 2.33. The molecule has 1 unspecified atom stereocenters. The van der Waals surface area contributed by atoms with Crippen molar-refractivity contribution in [2.45, 2.75) is 12.5 Å². The van der Waals surface area contributed by atoms with Crippen molar-refractivity contribution in [2.75, 3.05) is 25.6 Å². The fraction of sp³-hybridized carbons (Fsp3) is 0.417. The van der Waals surface area contributed by atoms with Crippen molar-refractivity contribution in [3.05, 3.63) is 28.2 Å². The van der Waals surface area contributed by atoms with Gasteiger partial charge in [0.05, 0.1) is 23.9 Å². The van der Waals surface area contributed by atoms with Gasteiger partial charge in [-0.1, -0.05) is 6.07 Å². The van der Waals surface area contributed by atoms with E-state index in [-0.39, 0.29) is 12.6 Å². The van der Waals surface area contributed by atoms with Gasteiger partial charge in [-0.05, 0) is 34.5 Å². The van der Waals surface area contributed by atoms with E-state index in [1.165, 1.54) is 0 Å². The number of nitrogens with zero attached hydrogens (tertiary/aromatic N) is 1. The number of hydrogen-bond donors (Lipinski definition) is 2. The Balaban J connectivity index is 2.85. The Labute approximate surface area is 109 Å². The first kappa shape index (κ1) is 14.0. The van der Waals surface area contributed by atoms with Crippen LogP contribution in [0.25, 0.3) is 0 Å². The van der Waals surface area contributed by atoms with E-state index in [2.05, 4.69) is 27.3 Å². The van der Waals surface area contributed by atoms with Gasteiger partial charge in [0.15, 0.2) is 0 Å². The van der Waals surface area contributed by atoms with Gasteiger partial charge >= 0.3 is 0 Å². The van der Waals surface area contributed by atoms with E-state index in [0.29, 0.717) is 18.6 Å². The number of nitriles is 1.